The normalized spacial score (nSPS) is 10.2. The second-order valence-electron chi connectivity index (χ2n) is 4.00. The average molecular weight is 313 g/mol. The molecule has 8 heteroatoms. The van der Waals surface area contributed by atoms with Crippen molar-refractivity contribution in [3.63, 3.8) is 0 Å². The minimum absolute atomic E-state index is 0.0415. The highest BCUT2D eigenvalue weighted by molar-refractivity contribution is 6.34. The van der Waals surface area contributed by atoms with E-state index >= 15 is 0 Å². The third kappa shape index (κ3) is 3.32. The van der Waals surface area contributed by atoms with E-state index in [1.807, 2.05) is 0 Å². The van der Waals surface area contributed by atoms with Gasteiger partial charge in [0, 0.05) is 17.7 Å². The number of hydrogen-bond acceptors (Lipinski definition) is 3. The Bertz CT molecular complexity index is 737. The van der Waals surface area contributed by atoms with Crippen LogP contribution in [0, 0.1) is 21.7 Å². The van der Waals surface area contributed by atoms with Gasteiger partial charge >= 0.3 is 0 Å². The van der Waals surface area contributed by atoms with Crippen LogP contribution in [0.2, 0.25) is 5.02 Å². The van der Waals surface area contributed by atoms with E-state index in [0.717, 1.165) is 30.3 Å². The molecule has 0 atom stereocenters. The van der Waals surface area contributed by atoms with E-state index in [4.69, 9.17) is 11.6 Å². The molecule has 0 bridgehead atoms. The number of anilines is 1. The van der Waals surface area contributed by atoms with Gasteiger partial charge in [0.1, 0.15) is 0 Å². The number of rotatable bonds is 3. The topological polar surface area (TPSA) is 72.2 Å². The summed E-state index contributed by atoms with van der Waals surface area (Å²) in [6.07, 6.45) is 0. The zero-order valence-electron chi connectivity index (χ0n) is 10.3. The summed E-state index contributed by atoms with van der Waals surface area (Å²) in [7, 11) is 0. The van der Waals surface area contributed by atoms with Crippen molar-refractivity contribution in [1.29, 1.82) is 0 Å². The van der Waals surface area contributed by atoms with Gasteiger partial charge in [-0.3, -0.25) is 14.9 Å². The van der Waals surface area contributed by atoms with Crippen molar-refractivity contribution in [3.05, 3.63) is 68.7 Å². The molecule has 0 spiro atoms. The summed E-state index contributed by atoms with van der Waals surface area (Å²) in [5.74, 6) is -2.94. The summed E-state index contributed by atoms with van der Waals surface area (Å²) in [6.45, 7) is 0. The van der Waals surface area contributed by atoms with Gasteiger partial charge in [0.25, 0.3) is 11.6 Å². The molecule has 2 rings (SSSR count). The van der Waals surface area contributed by atoms with Crippen LogP contribution in [0.1, 0.15) is 10.4 Å². The van der Waals surface area contributed by atoms with Gasteiger partial charge in [0.2, 0.25) is 0 Å². The summed E-state index contributed by atoms with van der Waals surface area (Å²) in [6, 6.07) is 6.14. The lowest BCUT2D eigenvalue weighted by molar-refractivity contribution is -0.384. The second kappa shape index (κ2) is 5.84. The van der Waals surface area contributed by atoms with Crippen LogP contribution >= 0.6 is 11.6 Å². The Morgan fingerprint density at radius 2 is 1.86 bits per heavy atom. The molecule has 0 aliphatic rings. The molecule has 2 aromatic carbocycles. The van der Waals surface area contributed by atoms with E-state index in [9.17, 15) is 23.7 Å². The van der Waals surface area contributed by atoms with E-state index in [1.54, 1.807) is 0 Å². The quantitative estimate of drug-likeness (QED) is 0.692. The summed E-state index contributed by atoms with van der Waals surface area (Å²) >= 11 is 5.81. The molecule has 21 heavy (non-hydrogen) atoms. The van der Waals surface area contributed by atoms with E-state index in [1.165, 1.54) is 6.07 Å². The van der Waals surface area contributed by atoms with E-state index in [0.29, 0.717) is 0 Å². The minimum atomic E-state index is -1.16. The molecule has 0 heterocycles. The Kier molecular flexibility index (Phi) is 4.13. The van der Waals surface area contributed by atoms with E-state index < -0.39 is 22.5 Å². The summed E-state index contributed by atoms with van der Waals surface area (Å²) in [5, 5.41) is 12.9. The zero-order valence-corrected chi connectivity index (χ0v) is 11.0. The molecule has 0 unspecified atom stereocenters. The molecule has 0 aliphatic carbocycles. The molecular weight excluding hydrogens is 306 g/mol. The predicted octanol–water partition coefficient (Wildman–Crippen LogP) is 3.78. The van der Waals surface area contributed by atoms with Crippen molar-refractivity contribution >= 4 is 28.9 Å². The van der Waals surface area contributed by atoms with Crippen LogP contribution < -0.4 is 5.32 Å². The van der Waals surface area contributed by atoms with Crippen LogP contribution in [0.15, 0.2) is 36.4 Å². The molecule has 0 saturated heterocycles. The number of nitrogens with zero attached hydrogens (tertiary/aromatic N) is 1. The fraction of sp³-hybridized carbons (Fsp3) is 0. The Morgan fingerprint density at radius 1 is 1.14 bits per heavy atom. The maximum absolute atomic E-state index is 13.0. The van der Waals surface area contributed by atoms with E-state index in [2.05, 4.69) is 5.32 Å². The largest absolute Gasteiger partial charge is 0.321 e. The molecule has 0 saturated carbocycles. The molecule has 108 valence electrons. The van der Waals surface area contributed by atoms with Gasteiger partial charge in [-0.2, -0.15) is 0 Å². The van der Waals surface area contributed by atoms with Crippen molar-refractivity contribution < 1.29 is 18.5 Å². The molecular formula is C13H7ClF2N2O3. The standard InChI is InChI=1S/C13H7ClF2N2O3/c14-9-6-8(18(20)21)2-4-12(9)17-13(19)7-1-3-10(15)11(16)5-7/h1-6H,(H,17,19). The smallest absolute Gasteiger partial charge is 0.271 e. The monoisotopic (exact) mass is 312 g/mol. The third-order valence-electron chi connectivity index (χ3n) is 2.59. The van der Waals surface area contributed by atoms with Crippen LogP contribution in [0.4, 0.5) is 20.2 Å². The predicted molar refractivity (Wildman–Crippen MR) is 72.4 cm³/mol. The molecule has 5 nitrogen and oxygen atoms in total. The minimum Gasteiger partial charge on any atom is -0.321 e. The Morgan fingerprint density at radius 3 is 2.43 bits per heavy atom. The first-order valence-electron chi connectivity index (χ1n) is 5.59. The van der Waals surface area contributed by atoms with Crippen molar-refractivity contribution in [2.24, 2.45) is 0 Å². The highest BCUT2D eigenvalue weighted by Gasteiger charge is 2.14. The maximum atomic E-state index is 13.0. The lowest BCUT2D eigenvalue weighted by Crippen LogP contribution is -2.12. The number of carbonyl (C=O) groups is 1. The third-order valence-corrected chi connectivity index (χ3v) is 2.91. The highest BCUT2D eigenvalue weighted by Crippen LogP contribution is 2.27. The van der Waals surface area contributed by atoms with Gasteiger partial charge in [-0.05, 0) is 24.3 Å². The number of amides is 1. The van der Waals surface area contributed by atoms with Crippen LogP contribution in [-0.4, -0.2) is 10.8 Å². The van der Waals surface area contributed by atoms with E-state index in [-0.39, 0.29) is 22.0 Å². The SMILES string of the molecule is O=C(Nc1ccc([N+](=O)[O-])cc1Cl)c1ccc(F)c(F)c1. The van der Waals surface area contributed by atoms with Gasteiger partial charge in [0.05, 0.1) is 15.6 Å². The molecule has 2 aromatic rings. The molecule has 0 aliphatic heterocycles. The zero-order chi connectivity index (χ0) is 15.6. The first kappa shape index (κ1) is 14.9. The number of nitro groups is 1. The fourth-order valence-corrected chi connectivity index (χ4v) is 1.77. The maximum Gasteiger partial charge on any atom is 0.271 e. The number of benzene rings is 2. The number of non-ortho nitro benzene ring substituents is 1. The summed E-state index contributed by atoms with van der Waals surface area (Å²) in [4.78, 5) is 21.8. The number of nitro benzene ring substituents is 1. The van der Waals surface area contributed by atoms with Crippen LogP contribution in [0.25, 0.3) is 0 Å². The van der Waals surface area contributed by atoms with Crippen molar-refractivity contribution in [2.45, 2.75) is 0 Å². The van der Waals surface area contributed by atoms with Crippen LogP contribution in [0.5, 0.6) is 0 Å². The lowest BCUT2D eigenvalue weighted by atomic mass is 10.2. The van der Waals surface area contributed by atoms with Crippen molar-refractivity contribution in [3.8, 4) is 0 Å². The van der Waals surface area contributed by atoms with Crippen LogP contribution in [0.3, 0.4) is 0 Å². The van der Waals surface area contributed by atoms with Gasteiger partial charge in [-0.25, -0.2) is 8.78 Å². The first-order valence-corrected chi connectivity index (χ1v) is 5.96. The van der Waals surface area contributed by atoms with Gasteiger partial charge in [0.15, 0.2) is 11.6 Å². The first-order chi connectivity index (χ1) is 9.88. The number of nitrogens with one attached hydrogen (secondary N) is 1. The number of carbonyl (C=O) groups excluding carboxylic acids is 1. The van der Waals surface area contributed by atoms with Gasteiger partial charge in [-0.15, -0.1) is 0 Å². The summed E-state index contributed by atoms with van der Waals surface area (Å²) < 4.78 is 25.8. The van der Waals surface area contributed by atoms with Gasteiger partial charge < -0.3 is 5.32 Å². The molecule has 1 amide bonds. The number of hydrogen-bond donors (Lipinski definition) is 1. The fourth-order valence-electron chi connectivity index (χ4n) is 1.55. The second-order valence-corrected chi connectivity index (χ2v) is 4.41. The van der Waals surface area contributed by atoms with Crippen molar-refractivity contribution in [2.75, 3.05) is 5.32 Å². The van der Waals surface area contributed by atoms with Crippen LogP contribution in [-0.2, 0) is 0 Å². The Balaban J connectivity index is 2.23. The highest BCUT2D eigenvalue weighted by atomic mass is 35.5. The molecule has 0 aromatic heterocycles. The molecule has 0 radical (unpaired) electrons. The van der Waals surface area contributed by atoms with Gasteiger partial charge in [-0.1, -0.05) is 11.6 Å². The summed E-state index contributed by atoms with van der Waals surface area (Å²) in [5.41, 5.74) is -0.217. The Hall–Kier alpha value is -2.54. The van der Waals surface area contributed by atoms with Crippen molar-refractivity contribution in [1.82, 2.24) is 0 Å². The average Bonchev–Trinajstić information content (AvgIpc) is 2.43. The molecule has 1 N–H and O–H groups in total. The molecule has 0 fully saturated rings. The Labute approximate surface area is 122 Å². The number of halogens is 3. The lowest BCUT2D eigenvalue weighted by Gasteiger charge is -2.07.